The summed E-state index contributed by atoms with van der Waals surface area (Å²) < 4.78 is 4.97. The molecule has 0 saturated carbocycles. The Bertz CT molecular complexity index is 291. The predicted molar refractivity (Wildman–Crippen MR) is 47.5 cm³/mol. The molecule has 2 N–H and O–H groups in total. The summed E-state index contributed by atoms with van der Waals surface area (Å²) in [7, 11) is 0. The Labute approximate surface area is 76.6 Å². The molecular formula is C9H13NO3. The monoisotopic (exact) mass is 183 g/mol. The standard InChI is InChI=1S/C9H13NO3/c1-6(11)4-10-9(12)8-3-7(2)13-5-8/h3,5-6,11H,4H2,1-2H3,(H,10,12)/t6-/m1/s1. The molecule has 1 atom stereocenters. The van der Waals surface area contributed by atoms with Gasteiger partial charge in [0, 0.05) is 6.54 Å². The van der Waals surface area contributed by atoms with Gasteiger partial charge in [0.2, 0.25) is 0 Å². The Balaban J connectivity index is 2.49. The first-order chi connectivity index (χ1) is 6.09. The second-order valence-corrected chi connectivity index (χ2v) is 3.01. The van der Waals surface area contributed by atoms with Gasteiger partial charge in [0.1, 0.15) is 12.0 Å². The average Bonchev–Trinajstić information content (AvgIpc) is 2.47. The van der Waals surface area contributed by atoms with Crippen LogP contribution < -0.4 is 5.32 Å². The number of rotatable bonds is 3. The van der Waals surface area contributed by atoms with Gasteiger partial charge < -0.3 is 14.8 Å². The number of nitrogens with one attached hydrogen (secondary N) is 1. The summed E-state index contributed by atoms with van der Waals surface area (Å²) >= 11 is 0. The lowest BCUT2D eigenvalue weighted by molar-refractivity contribution is 0.0923. The summed E-state index contributed by atoms with van der Waals surface area (Å²) in [5.41, 5.74) is 0.484. The molecule has 0 spiro atoms. The van der Waals surface area contributed by atoms with Gasteiger partial charge in [0.15, 0.2) is 0 Å². The highest BCUT2D eigenvalue weighted by Gasteiger charge is 2.08. The van der Waals surface area contributed by atoms with Gasteiger partial charge in [0.25, 0.3) is 5.91 Å². The van der Waals surface area contributed by atoms with E-state index >= 15 is 0 Å². The van der Waals surface area contributed by atoms with Crippen LogP contribution in [0.5, 0.6) is 0 Å². The third kappa shape index (κ3) is 2.91. The molecule has 0 fully saturated rings. The lowest BCUT2D eigenvalue weighted by Gasteiger charge is -2.04. The normalized spacial score (nSPS) is 12.5. The minimum absolute atomic E-state index is 0.224. The van der Waals surface area contributed by atoms with E-state index in [1.165, 1.54) is 6.26 Å². The van der Waals surface area contributed by atoms with E-state index in [0.717, 1.165) is 0 Å². The number of hydrogen-bond acceptors (Lipinski definition) is 3. The van der Waals surface area contributed by atoms with Crippen LogP contribution in [0.3, 0.4) is 0 Å². The number of aliphatic hydroxyl groups is 1. The number of amides is 1. The number of carbonyl (C=O) groups excluding carboxylic acids is 1. The van der Waals surface area contributed by atoms with Crippen molar-refractivity contribution in [3.05, 3.63) is 23.7 Å². The maximum absolute atomic E-state index is 11.3. The van der Waals surface area contributed by atoms with Crippen molar-refractivity contribution in [3.8, 4) is 0 Å². The van der Waals surface area contributed by atoms with E-state index in [1.807, 2.05) is 0 Å². The largest absolute Gasteiger partial charge is 0.469 e. The van der Waals surface area contributed by atoms with Crippen molar-refractivity contribution < 1.29 is 14.3 Å². The molecule has 0 saturated heterocycles. The lowest BCUT2D eigenvalue weighted by atomic mass is 10.3. The lowest BCUT2D eigenvalue weighted by Crippen LogP contribution is -2.30. The van der Waals surface area contributed by atoms with E-state index in [-0.39, 0.29) is 12.5 Å². The number of aryl methyl sites for hydroxylation is 1. The Kier molecular flexibility index (Phi) is 3.08. The molecule has 0 unspecified atom stereocenters. The molecular weight excluding hydrogens is 170 g/mol. The SMILES string of the molecule is Cc1cc(C(=O)NC[C@@H](C)O)co1. The molecule has 1 heterocycles. The molecule has 0 aromatic carbocycles. The van der Waals surface area contributed by atoms with Gasteiger partial charge in [-0.05, 0) is 19.9 Å². The third-order valence-electron chi connectivity index (χ3n) is 1.55. The minimum atomic E-state index is -0.531. The Morgan fingerprint density at radius 1 is 1.77 bits per heavy atom. The van der Waals surface area contributed by atoms with E-state index in [4.69, 9.17) is 9.52 Å². The number of aliphatic hydroxyl groups excluding tert-OH is 1. The molecule has 0 aliphatic rings. The summed E-state index contributed by atoms with van der Waals surface area (Å²) in [6.45, 7) is 3.63. The molecule has 72 valence electrons. The van der Waals surface area contributed by atoms with Crippen LogP contribution in [0.25, 0.3) is 0 Å². The second-order valence-electron chi connectivity index (χ2n) is 3.01. The van der Waals surface area contributed by atoms with Gasteiger partial charge in [-0.1, -0.05) is 0 Å². The molecule has 4 heteroatoms. The topological polar surface area (TPSA) is 62.5 Å². The maximum Gasteiger partial charge on any atom is 0.254 e. The highest BCUT2D eigenvalue weighted by atomic mass is 16.3. The number of hydrogen-bond donors (Lipinski definition) is 2. The van der Waals surface area contributed by atoms with E-state index < -0.39 is 6.10 Å². The van der Waals surface area contributed by atoms with Gasteiger partial charge >= 0.3 is 0 Å². The Morgan fingerprint density at radius 2 is 2.46 bits per heavy atom. The van der Waals surface area contributed by atoms with E-state index in [1.54, 1.807) is 19.9 Å². The van der Waals surface area contributed by atoms with Crippen LogP contribution in [0.15, 0.2) is 16.7 Å². The molecule has 13 heavy (non-hydrogen) atoms. The van der Waals surface area contributed by atoms with Crippen molar-refractivity contribution in [1.82, 2.24) is 5.32 Å². The quantitative estimate of drug-likeness (QED) is 0.725. The molecule has 0 aliphatic carbocycles. The van der Waals surface area contributed by atoms with Gasteiger partial charge in [-0.25, -0.2) is 0 Å². The van der Waals surface area contributed by atoms with Crippen molar-refractivity contribution in [2.24, 2.45) is 0 Å². The van der Waals surface area contributed by atoms with Crippen molar-refractivity contribution >= 4 is 5.91 Å². The van der Waals surface area contributed by atoms with Gasteiger partial charge in [0.05, 0.1) is 11.7 Å². The molecule has 1 amide bonds. The summed E-state index contributed by atoms with van der Waals surface area (Å²) in [6, 6.07) is 1.65. The fourth-order valence-corrected chi connectivity index (χ4v) is 0.905. The average molecular weight is 183 g/mol. The zero-order valence-corrected chi connectivity index (χ0v) is 7.70. The Morgan fingerprint density at radius 3 is 2.92 bits per heavy atom. The number of furan rings is 1. The van der Waals surface area contributed by atoms with E-state index in [9.17, 15) is 4.79 Å². The van der Waals surface area contributed by atoms with Crippen LogP contribution in [-0.4, -0.2) is 23.7 Å². The third-order valence-corrected chi connectivity index (χ3v) is 1.55. The molecule has 0 bridgehead atoms. The van der Waals surface area contributed by atoms with Crippen LogP contribution in [0.2, 0.25) is 0 Å². The smallest absolute Gasteiger partial charge is 0.254 e. The van der Waals surface area contributed by atoms with Crippen LogP contribution in [0, 0.1) is 6.92 Å². The number of carbonyl (C=O) groups is 1. The summed E-state index contributed by atoms with van der Waals surface area (Å²) in [5, 5.41) is 11.5. The zero-order chi connectivity index (χ0) is 9.84. The van der Waals surface area contributed by atoms with Crippen LogP contribution in [0.1, 0.15) is 23.0 Å². The minimum Gasteiger partial charge on any atom is -0.469 e. The fourth-order valence-electron chi connectivity index (χ4n) is 0.905. The molecule has 0 aliphatic heterocycles. The van der Waals surface area contributed by atoms with Crippen LogP contribution in [-0.2, 0) is 0 Å². The van der Waals surface area contributed by atoms with Gasteiger partial charge in [-0.15, -0.1) is 0 Å². The Hall–Kier alpha value is -1.29. The highest BCUT2D eigenvalue weighted by Crippen LogP contribution is 2.05. The van der Waals surface area contributed by atoms with Crippen molar-refractivity contribution in [3.63, 3.8) is 0 Å². The first-order valence-electron chi connectivity index (χ1n) is 4.11. The molecule has 1 rings (SSSR count). The summed E-state index contributed by atoms with van der Waals surface area (Å²) in [5.74, 6) is 0.472. The first-order valence-corrected chi connectivity index (χ1v) is 4.11. The van der Waals surface area contributed by atoms with Gasteiger partial charge in [-0.2, -0.15) is 0 Å². The van der Waals surface area contributed by atoms with Crippen LogP contribution in [0.4, 0.5) is 0 Å². The molecule has 0 radical (unpaired) electrons. The highest BCUT2D eigenvalue weighted by molar-refractivity contribution is 5.93. The molecule has 1 aromatic rings. The summed E-state index contributed by atoms with van der Waals surface area (Å²) in [6.07, 6.45) is 0.865. The molecule has 1 aromatic heterocycles. The fraction of sp³-hybridized carbons (Fsp3) is 0.444. The maximum atomic E-state index is 11.3. The van der Waals surface area contributed by atoms with Crippen molar-refractivity contribution in [2.45, 2.75) is 20.0 Å². The van der Waals surface area contributed by atoms with E-state index in [2.05, 4.69) is 5.32 Å². The van der Waals surface area contributed by atoms with Gasteiger partial charge in [-0.3, -0.25) is 4.79 Å². The van der Waals surface area contributed by atoms with E-state index in [0.29, 0.717) is 11.3 Å². The zero-order valence-electron chi connectivity index (χ0n) is 7.70. The molecule has 4 nitrogen and oxygen atoms in total. The predicted octanol–water partition coefficient (Wildman–Crippen LogP) is 0.699. The van der Waals surface area contributed by atoms with Crippen molar-refractivity contribution in [2.75, 3.05) is 6.54 Å². The van der Waals surface area contributed by atoms with Crippen LogP contribution >= 0.6 is 0 Å². The van der Waals surface area contributed by atoms with Crippen molar-refractivity contribution in [1.29, 1.82) is 0 Å². The second kappa shape index (κ2) is 4.09. The first kappa shape index (κ1) is 9.80. The summed E-state index contributed by atoms with van der Waals surface area (Å²) in [4.78, 5) is 11.3.